The van der Waals surface area contributed by atoms with Crippen LogP contribution in [0.4, 0.5) is 0 Å². The molecule has 1 heterocycles. The number of aryl methyl sites for hydroxylation is 1. The topological polar surface area (TPSA) is 68.6 Å². The number of ketones is 1. The molecule has 0 aliphatic carbocycles. The largest absolute Gasteiger partial charge is 0.464 e. The number of methoxy groups -OCH3 is 1. The van der Waals surface area contributed by atoms with Gasteiger partial charge in [0.2, 0.25) is 0 Å². The molecule has 2 rings (SSSR count). The highest BCUT2D eigenvalue weighted by molar-refractivity contribution is 6.07. The molecule has 6 heteroatoms. The van der Waals surface area contributed by atoms with Crippen molar-refractivity contribution in [3.8, 4) is 0 Å². The average molecular weight is 399 g/mol. The fraction of sp³-hybridized carbons (Fsp3) is 0.435. The van der Waals surface area contributed by atoms with E-state index in [4.69, 9.17) is 4.74 Å². The Morgan fingerprint density at radius 2 is 1.76 bits per heavy atom. The molecule has 156 valence electrons. The van der Waals surface area contributed by atoms with E-state index in [2.05, 4.69) is 0 Å². The van der Waals surface area contributed by atoms with Crippen molar-refractivity contribution in [2.75, 3.05) is 13.7 Å². The molecule has 29 heavy (non-hydrogen) atoms. The predicted molar refractivity (Wildman–Crippen MR) is 113 cm³/mol. The van der Waals surface area contributed by atoms with Crippen molar-refractivity contribution in [3.63, 3.8) is 0 Å². The fourth-order valence-corrected chi connectivity index (χ4v) is 3.76. The van der Waals surface area contributed by atoms with E-state index in [1.807, 2.05) is 32.0 Å². The van der Waals surface area contributed by atoms with Gasteiger partial charge < -0.3 is 14.2 Å². The highest BCUT2D eigenvalue weighted by atomic mass is 16.5. The van der Waals surface area contributed by atoms with Gasteiger partial charge in [-0.3, -0.25) is 9.59 Å². The first-order valence-electron chi connectivity index (χ1n) is 9.82. The SMILES string of the molecule is CCCN(C(=O)c1ccccc1C)[C@H](C)C(=O)c1c(C)c(C(=O)OC)n(C)c1C. The molecule has 0 radical (unpaired) electrons. The minimum Gasteiger partial charge on any atom is -0.464 e. The number of rotatable bonds is 7. The lowest BCUT2D eigenvalue weighted by molar-refractivity contribution is 0.0588. The Labute approximate surface area is 172 Å². The van der Waals surface area contributed by atoms with Crippen molar-refractivity contribution in [1.82, 2.24) is 9.47 Å². The number of amides is 1. The van der Waals surface area contributed by atoms with E-state index in [1.54, 1.807) is 43.4 Å². The van der Waals surface area contributed by atoms with Crippen LogP contribution in [0.2, 0.25) is 0 Å². The van der Waals surface area contributed by atoms with E-state index < -0.39 is 12.0 Å². The van der Waals surface area contributed by atoms with E-state index in [1.165, 1.54) is 7.11 Å². The number of carbonyl (C=O) groups excluding carboxylic acids is 3. The van der Waals surface area contributed by atoms with E-state index >= 15 is 0 Å². The lowest BCUT2D eigenvalue weighted by atomic mass is 9.98. The Morgan fingerprint density at radius 3 is 2.31 bits per heavy atom. The summed E-state index contributed by atoms with van der Waals surface area (Å²) in [5.41, 5.74) is 3.55. The van der Waals surface area contributed by atoms with Crippen LogP contribution in [0.5, 0.6) is 0 Å². The Balaban J connectivity index is 2.47. The number of carbonyl (C=O) groups is 3. The fourth-order valence-electron chi connectivity index (χ4n) is 3.76. The van der Waals surface area contributed by atoms with Gasteiger partial charge in [0.05, 0.1) is 13.2 Å². The van der Waals surface area contributed by atoms with Crippen LogP contribution in [0.25, 0.3) is 0 Å². The molecule has 0 unspecified atom stereocenters. The molecule has 0 saturated carbocycles. The minimum absolute atomic E-state index is 0.162. The van der Waals surface area contributed by atoms with E-state index in [0.717, 1.165) is 12.0 Å². The quantitative estimate of drug-likeness (QED) is 0.525. The molecule has 6 nitrogen and oxygen atoms in total. The van der Waals surface area contributed by atoms with Crippen molar-refractivity contribution in [1.29, 1.82) is 0 Å². The maximum absolute atomic E-state index is 13.4. The van der Waals surface area contributed by atoms with Crippen molar-refractivity contribution in [3.05, 3.63) is 57.9 Å². The van der Waals surface area contributed by atoms with Gasteiger partial charge in [-0.25, -0.2) is 4.79 Å². The monoisotopic (exact) mass is 398 g/mol. The minimum atomic E-state index is -0.660. The van der Waals surface area contributed by atoms with Crippen LogP contribution >= 0.6 is 0 Å². The molecule has 0 aliphatic heterocycles. The number of aromatic nitrogens is 1. The lowest BCUT2D eigenvalue weighted by Crippen LogP contribution is -2.44. The summed E-state index contributed by atoms with van der Waals surface area (Å²) in [4.78, 5) is 40.4. The average Bonchev–Trinajstić information content (AvgIpc) is 2.93. The summed E-state index contributed by atoms with van der Waals surface area (Å²) >= 11 is 0. The Morgan fingerprint density at radius 1 is 1.14 bits per heavy atom. The number of nitrogens with zero attached hydrogens (tertiary/aromatic N) is 2. The van der Waals surface area contributed by atoms with Gasteiger partial charge in [-0.2, -0.15) is 0 Å². The van der Waals surface area contributed by atoms with Gasteiger partial charge in [0.25, 0.3) is 5.91 Å². The first-order chi connectivity index (χ1) is 13.7. The zero-order valence-electron chi connectivity index (χ0n) is 18.3. The van der Waals surface area contributed by atoms with Crippen molar-refractivity contribution >= 4 is 17.7 Å². The second-order valence-electron chi connectivity index (χ2n) is 7.34. The number of benzene rings is 1. The number of esters is 1. The number of hydrogen-bond acceptors (Lipinski definition) is 4. The van der Waals surface area contributed by atoms with Gasteiger partial charge >= 0.3 is 5.97 Å². The summed E-state index contributed by atoms with van der Waals surface area (Å²) < 4.78 is 6.54. The molecule has 0 bridgehead atoms. The van der Waals surface area contributed by atoms with E-state index in [-0.39, 0.29) is 11.7 Å². The summed E-state index contributed by atoms with van der Waals surface area (Å²) in [6, 6.07) is 6.72. The summed E-state index contributed by atoms with van der Waals surface area (Å²) in [7, 11) is 3.05. The van der Waals surface area contributed by atoms with Gasteiger partial charge in [0, 0.05) is 30.4 Å². The second-order valence-corrected chi connectivity index (χ2v) is 7.34. The van der Waals surface area contributed by atoms with Gasteiger partial charge in [0.15, 0.2) is 5.78 Å². The molecular formula is C23H30N2O4. The molecule has 2 aromatic rings. The van der Waals surface area contributed by atoms with Gasteiger partial charge in [-0.1, -0.05) is 25.1 Å². The van der Waals surface area contributed by atoms with Crippen LogP contribution in [0.3, 0.4) is 0 Å². The molecule has 0 aliphatic rings. The van der Waals surface area contributed by atoms with Crippen molar-refractivity contribution in [2.45, 2.75) is 47.1 Å². The number of Topliss-reactive ketones (excluding diaryl/α,β-unsaturated/α-hetero) is 1. The molecule has 1 amide bonds. The zero-order chi connectivity index (χ0) is 21.9. The molecule has 0 spiro atoms. The molecule has 0 fully saturated rings. The first kappa shape index (κ1) is 22.4. The number of hydrogen-bond donors (Lipinski definition) is 0. The van der Waals surface area contributed by atoms with E-state index in [0.29, 0.717) is 34.6 Å². The molecule has 0 N–H and O–H groups in total. The Kier molecular flexibility index (Phi) is 7.01. The van der Waals surface area contributed by atoms with Crippen molar-refractivity contribution in [2.24, 2.45) is 7.05 Å². The smallest absolute Gasteiger partial charge is 0.354 e. The van der Waals surface area contributed by atoms with Gasteiger partial charge in [-0.15, -0.1) is 0 Å². The molecule has 1 atom stereocenters. The highest BCUT2D eigenvalue weighted by Gasteiger charge is 2.32. The normalized spacial score (nSPS) is 11.8. The van der Waals surface area contributed by atoms with Crippen LogP contribution in [0.1, 0.15) is 68.3 Å². The van der Waals surface area contributed by atoms with Crippen LogP contribution < -0.4 is 0 Å². The van der Waals surface area contributed by atoms with Gasteiger partial charge in [-0.05, 0) is 51.3 Å². The highest BCUT2D eigenvalue weighted by Crippen LogP contribution is 2.25. The Bertz CT molecular complexity index is 943. The van der Waals surface area contributed by atoms with Crippen LogP contribution in [-0.4, -0.2) is 46.8 Å². The second kappa shape index (κ2) is 9.07. The Hall–Kier alpha value is -2.89. The molecule has 1 aromatic carbocycles. The lowest BCUT2D eigenvalue weighted by Gasteiger charge is -2.29. The molecular weight excluding hydrogens is 368 g/mol. The summed E-state index contributed by atoms with van der Waals surface area (Å²) in [6.07, 6.45) is 0.732. The maximum Gasteiger partial charge on any atom is 0.354 e. The molecule has 1 aromatic heterocycles. The third kappa shape index (κ3) is 4.11. The zero-order valence-corrected chi connectivity index (χ0v) is 18.3. The van der Waals surface area contributed by atoms with E-state index in [9.17, 15) is 14.4 Å². The standard InChI is InChI=1S/C23H30N2O4/c1-8-13-25(22(27)18-12-10-9-11-14(18)2)17(5)21(26)19-15(3)20(23(28)29-7)24(6)16(19)4/h9-12,17H,8,13H2,1-7H3/t17-/m1/s1. The van der Waals surface area contributed by atoms with Crippen molar-refractivity contribution < 1.29 is 19.1 Å². The van der Waals surface area contributed by atoms with Crippen LogP contribution in [0, 0.1) is 20.8 Å². The third-order valence-electron chi connectivity index (χ3n) is 5.50. The summed E-state index contributed by atoms with van der Waals surface area (Å²) in [5, 5.41) is 0. The van der Waals surface area contributed by atoms with Crippen LogP contribution in [0.15, 0.2) is 24.3 Å². The summed E-state index contributed by atoms with van der Waals surface area (Å²) in [5.74, 6) is -0.826. The maximum atomic E-state index is 13.4. The molecule has 0 saturated heterocycles. The predicted octanol–water partition coefficient (Wildman–Crippen LogP) is 3.86. The first-order valence-corrected chi connectivity index (χ1v) is 9.82. The number of ether oxygens (including phenoxy) is 1. The van der Waals surface area contributed by atoms with Gasteiger partial charge in [0.1, 0.15) is 5.69 Å². The third-order valence-corrected chi connectivity index (χ3v) is 5.50. The summed E-state index contributed by atoms with van der Waals surface area (Å²) in [6.45, 7) is 9.62. The van der Waals surface area contributed by atoms with Crippen LogP contribution in [-0.2, 0) is 11.8 Å².